The lowest BCUT2D eigenvalue weighted by molar-refractivity contribution is -0.143. The molecule has 0 aromatic rings. The summed E-state index contributed by atoms with van der Waals surface area (Å²) in [5, 5.41) is 9.12. The van der Waals surface area contributed by atoms with E-state index in [2.05, 4.69) is 4.90 Å². The molecule has 14 heavy (non-hydrogen) atoms. The summed E-state index contributed by atoms with van der Waals surface area (Å²) in [6.45, 7) is 1.65. The highest BCUT2D eigenvalue weighted by atomic mass is 16.5. The molecule has 1 saturated carbocycles. The van der Waals surface area contributed by atoms with Crippen molar-refractivity contribution in [3.05, 3.63) is 0 Å². The van der Waals surface area contributed by atoms with E-state index in [9.17, 15) is 4.79 Å². The fourth-order valence-corrected chi connectivity index (χ4v) is 2.27. The zero-order valence-corrected chi connectivity index (χ0v) is 8.48. The van der Waals surface area contributed by atoms with Crippen molar-refractivity contribution in [2.45, 2.75) is 31.4 Å². The Kier molecular flexibility index (Phi) is 2.74. The van der Waals surface area contributed by atoms with Crippen LogP contribution in [0.15, 0.2) is 0 Å². The second-order valence-corrected chi connectivity index (χ2v) is 4.26. The standard InChI is InChI=1S/C10H17NO3/c1-14-8-4-5-11(6-8)9(10(12)13)7-2-3-7/h7-9H,2-6H2,1H3,(H,12,13). The molecule has 2 rings (SSSR count). The maximum absolute atomic E-state index is 11.1. The third-order valence-corrected chi connectivity index (χ3v) is 3.22. The Morgan fingerprint density at radius 2 is 2.21 bits per heavy atom. The highest BCUT2D eigenvalue weighted by Gasteiger charge is 2.42. The number of rotatable bonds is 4. The van der Waals surface area contributed by atoms with Crippen molar-refractivity contribution in [2.24, 2.45) is 5.92 Å². The third kappa shape index (κ3) is 1.91. The first-order valence-corrected chi connectivity index (χ1v) is 5.22. The Hall–Kier alpha value is -0.610. The molecule has 0 aromatic carbocycles. The summed E-state index contributed by atoms with van der Waals surface area (Å²) in [4.78, 5) is 13.1. The minimum Gasteiger partial charge on any atom is -0.480 e. The van der Waals surface area contributed by atoms with Gasteiger partial charge in [-0.1, -0.05) is 0 Å². The molecule has 4 nitrogen and oxygen atoms in total. The number of methoxy groups -OCH3 is 1. The van der Waals surface area contributed by atoms with E-state index >= 15 is 0 Å². The van der Waals surface area contributed by atoms with Crippen LogP contribution in [-0.4, -0.2) is 48.3 Å². The van der Waals surface area contributed by atoms with Crippen molar-refractivity contribution < 1.29 is 14.6 Å². The van der Waals surface area contributed by atoms with Crippen molar-refractivity contribution in [1.82, 2.24) is 4.90 Å². The Morgan fingerprint density at radius 3 is 2.64 bits per heavy atom. The van der Waals surface area contributed by atoms with E-state index in [4.69, 9.17) is 9.84 Å². The molecule has 0 amide bonds. The predicted molar refractivity (Wildman–Crippen MR) is 51.1 cm³/mol. The van der Waals surface area contributed by atoms with Crippen molar-refractivity contribution in [2.75, 3.05) is 20.2 Å². The molecule has 0 spiro atoms. The van der Waals surface area contributed by atoms with E-state index in [1.807, 2.05) is 0 Å². The van der Waals surface area contributed by atoms with Crippen LogP contribution in [0.1, 0.15) is 19.3 Å². The van der Waals surface area contributed by atoms with Crippen LogP contribution in [0, 0.1) is 5.92 Å². The summed E-state index contributed by atoms with van der Waals surface area (Å²) in [5.74, 6) is -0.271. The van der Waals surface area contributed by atoms with E-state index in [0.29, 0.717) is 5.92 Å². The molecule has 0 aromatic heterocycles. The molecule has 2 aliphatic rings. The van der Waals surface area contributed by atoms with Gasteiger partial charge in [-0.3, -0.25) is 9.69 Å². The fourth-order valence-electron chi connectivity index (χ4n) is 2.27. The van der Waals surface area contributed by atoms with Gasteiger partial charge in [0, 0.05) is 20.2 Å². The van der Waals surface area contributed by atoms with Crippen molar-refractivity contribution >= 4 is 5.97 Å². The van der Waals surface area contributed by atoms with Gasteiger partial charge in [-0.25, -0.2) is 0 Å². The third-order valence-electron chi connectivity index (χ3n) is 3.22. The van der Waals surface area contributed by atoms with Gasteiger partial charge in [0.1, 0.15) is 6.04 Å². The molecule has 80 valence electrons. The number of likely N-dealkylation sites (tertiary alicyclic amines) is 1. The van der Waals surface area contributed by atoms with Gasteiger partial charge in [-0.05, 0) is 25.2 Å². The number of carboxylic acids is 1. The molecule has 1 aliphatic heterocycles. The lowest BCUT2D eigenvalue weighted by atomic mass is 10.1. The molecule has 1 saturated heterocycles. The van der Waals surface area contributed by atoms with Gasteiger partial charge in [-0.2, -0.15) is 0 Å². The number of ether oxygens (including phenoxy) is 1. The predicted octanol–water partition coefficient (Wildman–Crippen LogP) is 0.570. The fraction of sp³-hybridized carbons (Fsp3) is 0.900. The van der Waals surface area contributed by atoms with Gasteiger partial charge in [0.05, 0.1) is 6.10 Å². The summed E-state index contributed by atoms with van der Waals surface area (Å²) in [5.41, 5.74) is 0. The SMILES string of the molecule is COC1CCN(C(C(=O)O)C2CC2)C1. The van der Waals surface area contributed by atoms with Gasteiger partial charge >= 0.3 is 5.97 Å². The molecular weight excluding hydrogens is 182 g/mol. The second kappa shape index (κ2) is 3.87. The lowest BCUT2D eigenvalue weighted by Gasteiger charge is -2.23. The first-order chi connectivity index (χ1) is 6.72. The summed E-state index contributed by atoms with van der Waals surface area (Å²) in [6, 6.07) is -0.254. The van der Waals surface area contributed by atoms with Crippen LogP contribution >= 0.6 is 0 Å². The number of carboxylic acid groups (broad SMARTS) is 1. The second-order valence-electron chi connectivity index (χ2n) is 4.26. The Balaban J connectivity index is 1.95. The van der Waals surface area contributed by atoms with Crippen molar-refractivity contribution in [1.29, 1.82) is 0 Å². The first kappa shape index (κ1) is 9.93. The zero-order chi connectivity index (χ0) is 10.1. The summed E-state index contributed by atoms with van der Waals surface area (Å²) >= 11 is 0. The highest BCUT2D eigenvalue weighted by molar-refractivity contribution is 5.74. The Labute approximate surface area is 83.8 Å². The van der Waals surface area contributed by atoms with E-state index in [1.165, 1.54) is 0 Å². The number of carbonyl (C=O) groups is 1. The molecule has 4 heteroatoms. The molecule has 1 heterocycles. The normalized spacial score (nSPS) is 30.5. The van der Waals surface area contributed by atoms with Crippen LogP contribution in [0.5, 0.6) is 0 Å². The van der Waals surface area contributed by atoms with Crippen LogP contribution in [0.2, 0.25) is 0 Å². The lowest BCUT2D eigenvalue weighted by Crippen LogP contribution is -2.41. The van der Waals surface area contributed by atoms with Crippen molar-refractivity contribution in [3.63, 3.8) is 0 Å². The van der Waals surface area contributed by atoms with E-state index in [1.54, 1.807) is 7.11 Å². The van der Waals surface area contributed by atoms with Crippen LogP contribution < -0.4 is 0 Å². The van der Waals surface area contributed by atoms with Gasteiger partial charge in [-0.15, -0.1) is 0 Å². The zero-order valence-electron chi connectivity index (χ0n) is 8.48. The molecule has 2 unspecified atom stereocenters. The van der Waals surface area contributed by atoms with E-state index < -0.39 is 5.97 Å². The average Bonchev–Trinajstić information content (AvgIpc) is 2.83. The van der Waals surface area contributed by atoms with Gasteiger partial charge in [0.2, 0.25) is 0 Å². The average molecular weight is 199 g/mol. The van der Waals surface area contributed by atoms with Crippen LogP contribution in [-0.2, 0) is 9.53 Å². The maximum Gasteiger partial charge on any atom is 0.321 e. The molecule has 0 bridgehead atoms. The summed E-state index contributed by atoms with van der Waals surface area (Å²) < 4.78 is 5.24. The minimum atomic E-state index is -0.663. The maximum atomic E-state index is 11.1. The minimum absolute atomic E-state index is 0.232. The molecule has 1 aliphatic carbocycles. The number of hydrogen-bond donors (Lipinski definition) is 1. The molecule has 2 fully saturated rings. The van der Waals surface area contributed by atoms with E-state index in [0.717, 1.165) is 32.4 Å². The molecule has 1 N–H and O–H groups in total. The monoisotopic (exact) mass is 199 g/mol. The quantitative estimate of drug-likeness (QED) is 0.719. The molecule has 2 atom stereocenters. The van der Waals surface area contributed by atoms with E-state index in [-0.39, 0.29) is 12.1 Å². The highest BCUT2D eigenvalue weighted by Crippen LogP contribution is 2.36. The number of aliphatic carboxylic acids is 1. The Morgan fingerprint density at radius 1 is 1.50 bits per heavy atom. The van der Waals surface area contributed by atoms with Gasteiger partial charge in [0.25, 0.3) is 0 Å². The van der Waals surface area contributed by atoms with Gasteiger partial charge in [0.15, 0.2) is 0 Å². The topological polar surface area (TPSA) is 49.8 Å². The molecular formula is C10H17NO3. The number of nitrogens with zero attached hydrogens (tertiary/aromatic N) is 1. The largest absolute Gasteiger partial charge is 0.480 e. The Bertz CT molecular complexity index is 227. The number of hydrogen-bond acceptors (Lipinski definition) is 3. The molecule has 0 radical (unpaired) electrons. The first-order valence-electron chi connectivity index (χ1n) is 5.22. The van der Waals surface area contributed by atoms with Gasteiger partial charge < -0.3 is 9.84 Å². The smallest absolute Gasteiger partial charge is 0.321 e. The van der Waals surface area contributed by atoms with Crippen LogP contribution in [0.25, 0.3) is 0 Å². The summed E-state index contributed by atoms with van der Waals surface area (Å²) in [6.07, 6.45) is 3.35. The van der Waals surface area contributed by atoms with Crippen LogP contribution in [0.3, 0.4) is 0 Å². The van der Waals surface area contributed by atoms with Crippen molar-refractivity contribution in [3.8, 4) is 0 Å². The summed E-state index contributed by atoms with van der Waals surface area (Å²) in [7, 11) is 1.70. The van der Waals surface area contributed by atoms with Crippen LogP contribution in [0.4, 0.5) is 0 Å².